The average molecular weight is 363 g/mol. The highest BCUT2D eigenvalue weighted by molar-refractivity contribution is 5.96. The lowest BCUT2D eigenvalue weighted by molar-refractivity contribution is 0.0374. The second kappa shape index (κ2) is 9.54. The first kappa shape index (κ1) is 20.2. The predicted octanol–water partition coefficient (Wildman–Crippen LogP) is 2.49. The third-order valence-corrected chi connectivity index (χ3v) is 3.81. The van der Waals surface area contributed by atoms with Crippen LogP contribution < -0.4 is 10.6 Å². The summed E-state index contributed by atoms with van der Waals surface area (Å²) in [5, 5.41) is 5.56. The molecule has 0 aromatic heterocycles. The van der Waals surface area contributed by atoms with Crippen LogP contribution >= 0.6 is 0 Å². The van der Waals surface area contributed by atoms with Gasteiger partial charge in [-0.05, 0) is 51.9 Å². The highest BCUT2D eigenvalue weighted by Gasteiger charge is 2.16. The van der Waals surface area contributed by atoms with Crippen LogP contribution in [0.3, 0.4) is 0 Å². The molecule has 2 rings (SSSR count). The minimum absolute atomic E-state index is 0.153. The number of carbonyl (C=O) groups excluding carboxylic acids is 2. The standard InChI is InChI=1S/C19H29N3O4/c1-19(2,3)26-18(24)21-16-7-4-6-15(14-16)17(23)20-8-5-9-22-10-12-25-13-11-22/h4,6-7,14H,5,8-13H2,1-3H3,(H,20,23)(H,21,24). The molecular formula is C19H29N3O4. The van der Waals surface area contributed by atoms with Crippen molar-refractivity contribution in [2.45, 2.75) is 32.8 Å². The Kier molecular flexibility index (Phi) is 7.41. The van der Waals surface area contributed by atoms with Gasteiger partial charge < -0.3 is 14.8 Å². The molecule has 0 radical (unpaired) electrons. The maximum atomic E-state index is 12.3. The lowest BCUT2D eigenvalue weighted by Crippen LogP contribution is -2.38. The maximum Gasteiger partial charge on any atom is 0.412 e. The molecule has 144 valence electrons. The van der Waals surface area contributed by atoms with Crippen LogP contribution in [0.25, 0.3) is 0 Å². The quantitative estimate of drug-likeness (QED) is 0.759. The van der Waals surface area contributed by atoms with Crippen LogP contribution in [0, 0.1) is 0 Å². The van der Waals surface area contributed by atoms with Crippen molar-refractivity contribution in [2.24, 2.45) is 0 Å². The minimum atomic E-state index is -0.570. The van der Waals surface area contributed by atoms with Crippen molar-refractivity contribution in [1.82, 2.24) is 10.2 Å². The zero-order valence-electron chi connectivity index (χ0n) is 15.8. The second-order valence-electron chi connectivity index (χ2n) is 7.27. The van der Waals surface area contributed by atoms with E-state index in [4.69, 9.17) is 9.47 Å². The molecule has 0 unspecified atom stereocenters. The van der Waals surface area contributed by atoms with E-state index >= 15 is 0 Å². The first-order chi connectivity index (χ1) is 12.3. The summed E-state index contributed by atoms with van der Waals surface area (Å²) in [6, 6.07) is 6.81. The van der Waals surface area contributed by atoms with E-state index in [0.29, 0.717) is 17.8 Å². The van der Waals surface area contributed by atoms with Gasteiger partial charge in [-0.1, -0.05) is 6.07 Å². The SMILES string of the molecule is CC(C)(C)OC(=O)Nc1cccc(C(=O)NCCCN2CCOCC2)c1. The van der Waals surface area contributed by atoms with E-state index in [1.54, 1.807) is 45.0 Å². The van der Waals surface area contributed by atoms with Crippen LogP contribution in [0.15, 0.2) is 24.3 Å². The smallest absolute Gasteiger partial charge is 0.412 e. The van der Waals surface area contributed by atoms with Crippen LogP contribution in [0.2, 0.25) is 0 Å². The summed E-state index contributed by atoms with van der Waals surface area (Å²) in [7, 11) is 0. The van der Waals surface area contributed by atoms with Crippen molar-refractivity contribution in [3.05, 3.63) is 29.8 Å². The summed E-state index contributed by atoms with van der Waals surface area (Å²) in [5.74, 6) is -0.153. The van der Waals surface area contributed by atoms with Crippen molar-refractivity contribution in [2.75, 3.05) is 44.7 Å². The molecule has 1 saturated heterocycles. The Morgan fingerprint density at radius 3 is 2.65 bits per heavy atom. The van der Waals surface area contributed by atoms with Gasteiger partial charge in [-0.25, -0.2) is 4.79 Å². The van der Waals surface area contributed by atoms with Gasteiger partial charge in [0, 0.05) is 30.9 Å². The molecule has 1 aromatic rings. The summed E-state index contributed by atoms with van der Waals surface area (Å²) in [5.41, 5.74) is 0.463. The molecule has 2 N–H and O–H groups in total. The van der Waals surface area contributed by atoms with E-state index in [-0.39, 0.29) is 5.91 Å². The maximum absolute atomic E-state index is 12.3. The summed E-state index contributed by atoms with van der Waals surface area (Å²) < 4.78 is 10.5. The molecular weight excluding hydrogens is 334 g/mol. The van der Waals surface area contributed by atoms with Crippen LogP contribution in [0.1, 0.15) is 37.6 Å². The highest BCUT2D eigenvalue weighted by atomic mass is 16.6. The monoisotopic (exact) mass is 363 g/mol. The number of benzene rings is 1. The van der Waals surface area contributed by atoms with E-state index in [0.717, 1.165) is 39.3 Å². The molecule has 1 aromatic carbocycles. The van der Waals surface area contributed by atoms with Crippen LogP contribution in [-0.2, 0) is 9.47 Å². The number of hydrogen-bond donors (Lipinski definition) is 2. The lowest BCUT2D eigenvalue weighted by atomic mass is 10.2. The van der Waals surface area contributed by atoms with Crippen molar-refractivity contribution >= 4 is 17.7 Å². The molecule has 26 heavy (non-hydrogen) atoms. The number of amides is 2. The average Bonchev–Trinajstić information content (AvgIpc) is 2.58. The number of hydrogen-bond acceptors (Lipinski definition) is 5. The summed E-state index contributed by atoms with van der Waals surface area (Å²) >= 11 is 0. The summed E-state index contributed by atoms with van der Waals surface area (Å²) in [6.45, 7) is 10.4. The van der Waals surface area contributed by atoms with Gasteiger partial charge >= 0.3 is 6.09 Å². The number of nitrogens with one attached hydrogen (secondary N) is 2. The van der Waals surface area contributed by atoms with Crippen molar-refractivity contribution in [3.8, 4) is 0 Å². The molecule has 0 aliphatic carbocycles. The number of nitrogens with zero attached hydrogens (tertiary/aromatic N) is 1. The Balaban J connectivity index is 1.76. The highest BCUT2D eigenvalue weighted by Crippen LogP contribution is 2.13. The van der Waals surface area contributed by atoms with Gasteiger partial charge in [0.1, 0.15) is 5.60 Å². The Hall–Kier alpha value is -2.12. The molecule has 2 amide bonds. The van der Waals surface area contributed by atoms with Gasteiger partial charge in [0.05, 0.1) is 13.2 Å². The predicted molar refractivity (Wildman–Crippen MR) is 101 cm³/mol. The van der Waals surface area contributed by atoms with E-state index in [9.17, 15) is 9.59 Å². The Morgan fingerprint density at radius 1 is 1.23 bits per heavy atom. The molecule has 0 spiro atoms. The molecule has 0 bridgehead atoms. The molecule has 7 heteroatoms. The van der Waals surface area contributed by atoms with Crippen molar-refractivity contribution < 1.29 is 19.1 Å². The number of carbonyl (C=O) groups is 2. The lowest BCUT2D eigenvalue weighted by Gasteiger charge is -2.26. The van der Waals surface area contributed by atoms with Crippen LogP contribution in [0.4, 0.5) is 10.5 Å². The Morgan fingerprint density at radius 2 is 1.96 bits per heavy atom. The van der Waals surface area contributed by atoms with E-state index in [1.807, 2.05) is 0 Å². The number of anilines is 1. The molecule has 1 heterocycles. The summed E-state index contributed by atoms with van der Waals surface area (Å²) in [6.07, 6.45) is 0.349. The van der Waals surface area contributed by atoms with E-state index in [1.165, 1.54) is 0 Å². The van der Waals surface area contributed by atoms with Gasteiger partial charge in [-0.15, -0.1) is 0 Å². The normalized spacial score (nSPS) is 15.3. The van der Waals surface area contributed by atoms with Gasteiger partial charge in [-0.2, -0.15) is 0 Å². The van der Waals surface area contributed by atoms with Crippen LogP contribution in [-0.4, -0.2) is 61.9 Å². The molecule has 1 fully saturated rings. The first-order valence-electron chi connectivity index (χ1n) is 9.02. The Bertz CT molecular complexity index is 607. The zero-order chi connectivity index (χ0) is 19.0. The van der Waals surface area contributed by atoms with Gasteiger partial charge in [0.2, 0.25) is 0 Å². The third-order valence-electron chi connectivity index (χ3n) is 3.81. The summed E-state index contributed by atoms with van der Waals surface area (Å²) in [4.78, 5) is 26.4. The molecule has 0 saturated carbocycles. The fourth-order valence-corrected chi connectivity index (χ4v) is 2.59. The van der Waals surface area contributed by atoms with Gasteiger partial charge in [0.15, 0.2) is 0 Å². The third kappa shape index (κ3) is 7.41. The number of ether oxygens (including phenoxy) is 2. The largest absolute Gasteiger partial charge is 0.444 e. The first-order valence-corrected chi connectivity index (χ1v) is 9.02. The van der Waals surface area contributed by atoms with Crippen molar-refractivity contribution in [3.63, 3.8) is 0 Å². The Labute approximate surface area is 155 Å². The number of morpholine rings is 1. The van der Waals surface area contributed by atoms with Crippen molar-refractivity contribution in [1.29, 1.82) is 0 Å². The molecule has 1 aliphatic heterocycles. The minimum Gasteiger partial charge on any atom is -0.444 e. The topological polar surface area (TPSA) is 79.9 Å². The second-order valence-corrected chi connectivity index (χ2v) is 7.27. The van der Waals surface area contributed by atoms with E-state index in [2.05, 4.69) is 15.5 Å². The number of rotatable bonds is 6. The zero-order valence-corrected chi connectivity index (χ0v) is 15.8. The van der Waals surface area contributed by atoms with Crippen LogP contribution in [0.5, 0.6) is 0 Å². The molecule has 1 aliphatic rings. The van der Waals surface area contributed by atoms with Gasteiger partial charge in [0.25, 0.3) is 5.91 Å². The van der Waals surface area contributed by atoms with Gasteiger partial charge in [-0.3, -0.25) is 15.0 Å². The molecule has 7 nitrogen and oxygen atoms in total. The molecule has 0 atom stereocenters. The fraction of sp³-hybridized carbons (Fsp3) is 0.579. The fourth-order valence-electron chi connectivity index (χ4n) is 2.59. The van der Waals surface area contributed by atoms with E-state index < -0.39 is 11.7 Å².